The van der Waals surface area contributed by atoms with Crippen LogP contribution in [0.4, 0.5) is 0 Å². The summed E-state index contributed by atoms with van der Waals surface area (Å²) in [6.07, 6.45) is 7.32. The first-order chi connectivity index (χ1) is 9.19. The lowest BCUT2D eigenvalue weighted by atomic mass is 9.86. The lowest BCUT2D eigenvalue weighted by Crippen LogP contribution is -2.39. The molecule has 1 aliphatic rings. The average Bonchev–Trinajstić information content (AvgIpc) is 2.91. The fraction of sp³-hybridized carbons (Fsp3) is 0.571. The van der Waals surface area contributed by atoms with E-state index >= 15 is 0 Å². The molecule has 5 heteroatoms. The molecular formula is C14H20N2O3. The molecular weight excluding hydrogens is 244 g/mol. The van der Waals surface area contributed by atoms with Crippen LogP contribution in [-0.2, 0) is 20.7 Å². The molecule has 5 nitrogen and oxygen atoms in total. The van der Waals surface area contributed by atoms with Crippen LogP contribution in [0.1, 0.15) is 31.2 Å². The van der Waals surface area contributed by atoms with Gasteiger partial charge in [-0.25, -0.2) is 0 Å². The Hall–Kier alpha value is -1.78. The average molecular weight is 264 g/mol. The highest BCUT2D eigenvalue weighted by Crippen LogP contribution is 2.25. The maximum Gasteiger partial charge on any atom is 0.308 e. The number of nitrogens with one attached hydrogen (secondary N) is 2. The van der Waals surface area contributed by atoms with E-state index in [4.69, 9.17) is 4.74 Å². The van der Waals surface area contributed by atoms with Gasteiger partial charge in [0.15, 0.2) is 0 Å². The summed E-state index contributed by atoms with van der Waals surface area (Å²) in [4.78, 5) is 26.2. The second kappa shape index (κ2) is 6.41. The number of esters is 1. The number of hydrogen-bond donors (Lipinski definition) is 2. The molecule has 0 radical (unpaired) electrons. The van der Waals surface area contributed by atoms with Gasteiger partial charge in [0, 0.05) is 18.4 Å². The van der Waals surface area contributed by atoms with Crippen LogP contribution >= 0.6 is 0 Å². The number of ether oxygens (including phenoxy) is 1. The van der Waals surface area contributed by atoms with Crippen molar-refractivity contribution in [1.82, 2.24) is 10.3 Å². The van der Waals surface area contributed by atoms with E-state index in [0.717, 1.165) is 31.2 Å². The second-order valence-electron chi connectivity index (χ2n) is 5.04. The molecule has 1 aromatic rings. The molecule has 1 amide bonds. The number of rotatable bonds is 4. The van der Waals surface area contributed by atoms with Crippen molar-refractivity contribution >= 4 is 11.9 Å². The van der Waals surface area contributed by atoms with Gasteiger partial charge in [-0.2, -0.15) is 0 Å². The molecule has 1 aromatic heterocycles. The van der Waals surface area contributed by atoms with E-state index in [9.17, 15) is 9.59 Å². The summed E-state index contributed by atoms with van der Waals surface area (Å²) in [5.41, 5.74) is 0.987. The Kier molecular flexibility index (Phi) is 4.60. The number of aromatic amines is 1. The Bertz CT molecular complexity index is 420. The summed E-state index contributed by atoms with van der Waals surface area (Å²) < 4.78 is 4.75. The summed E-state index contributed by atoms with van der Waals surface area (Å²) in [6, 6.07) is 2.08. The summed E-state index contributed by atoms with van der Waals surface area (Å²) in [5, 5.41) is 3.03. The van der Waals surface area contributed by atoms with Crippen molar-refractivity contribution in [3.63, 3.8) is 0 Å². The second-order valence-corrected chi connectivity index (χ2v) is 5.04. The van der Waals surface area contributed by atoms with Crippen molar-refractivity contribution in [3.05, 3.63) is 24.0 Å². The van der Waals surface area contributed by atoms with E-state index in [-0.39, 0.29) is 23.8 Å². The van der Waals surface area contributed by atoms with Gasteiger partial charge in [-0.3, -0.25) is 9.59 Å². The van der Waals surface area contributed by atoms with Crippen molar-refractivity contribution < 1.29 is 14.3 Å². The highest BCUT2D eigenvalue weighted by atomic mass is 16.5. The van der Waals surface area contributed by atoms with E-state index < -0.39 is 0 Å². The summed E-state index contributed by atoms with van der Waals surface area (Å²) in [7, 11) is 1.42. The number of carbonyl (C=O) groups excluding carboxylic acids is 2. The highest BCUT2D eigenvalue weighted by Gasteiger charge is 2.27. The smallest absolute Gasteiger partial charge is 0.308 e. The molecule has 0 saturated heterocycles. The lowest BCUT2D eigenvalue weighted by molar-refractivity contribution is -0.146. The number of aromatic nitrogens is 1. The zero-order valence-corrected chi connectivity index (χ0v) is 11.1. The standard InChI is InChI=1S/C14H20N2O3/c1-19-14(18)11-2-4-12(5-3-11)16-13(17)8-10-6-7-15-9-10/h6-7,9,11-12,15H,2-5,8H2,1H3,(H,16,17). The topological polar surface area (TPSA) is 71.2 Å². The predicted octanol–water partition coefficient (Wildman–Crippen LogP) is 1.41. The first-order valence-corrected chi connectivity index (χ1v) is 6.68. The molecule has 0 atom stereocenters. The van der Waals surface area contributed by atoms with Crippen molar-refractivity contribution in [2.45, 2.75) is 38.1 Å². The molecule has 0 aliphatic heterocycles. The van der Waals surface area contributed by atoms with Gasteiger partial charge in [0.25, 0.3) is 0 Å². The largest absolute Gasteiger partial charge is 0.469 e. The molecule has 0 aromatic carbocycles. The fourth-order valence-corrected chi connectivity index (χ4v) is 2.57. The van der Waals surface area contributed by atoms with Gasteiger partial charge in [-0.05, 0) is 37.3 Å². The van der Waals surface area contributed by atoms with E-state index in [0.29, 0.717) is 6.42 Å². The minimum absolute atomic E-state index is 0.00262. The van der Waals surface area contributed by atoms with Crippen molar-refractivity contribution in [2.24, 2.45) is 5.92 Å². The SMILES string of the molecule is COC(=O)C1CCC(NC(=O)Cc2cc[nH]c2)CC1. The molecule has 19 heavy (non-hydrogen) atoms. The third-order valence-electron chi connectivity index (χ3n) is 3.65. The minimum Gasteiger partial charge on any atom is -0.469 e. The van der Waals surface area contributed by atoms with Crippen molar-refractivity contribution in [2.75, 3.05) is 7.11 Å². The number of H-pyrrole nitrogens is 1. The van der Waals surface area contributed by atoms with Crippen LogP contribution in [-0.4, -0.2) is 30.0 Å². The van der Waals surface area contributed by atoms with Crippen LogP contribution in [0.3, 0.4) is 0 Å². The van der Waals surface area contributed by atoms with Gasteiger partial charge >= 0.3 is 5.97 Å². The summed E-state index contributed by atoms with van der Waals surface area (Å²) >= 11 is 0. The maximum atomic E-state index is 11.8. The molecule has 1 saturated carbocycles. The fourth-order valence-electron chi connectivity index (χ4n) is 2.57. The van der Waals surface area contributed by atoms with Crippen LogP contribution in [0.2, 0.25) is 0 Å². The molecule has 1 aliphatic carbocycles. The molecule has 0 spiro atoms. The zero-order valence-electron chi connectivity index (χ0n) is 11.1. The number of carbonyl (C=O) groups is 2. The van der Waals surface area contributed by atoms with Crippen LogP contribution in [0.5, 0.6) is 0 Å². The molecule has 0 unspecified atom stereocenters. The number of amides is 1. The Morgan fingerprint density at radius 1 is 1.37 bits per heavy atom. The molecule has 1 heterocycles. The third kappa shape index (κ3) is 3.84. The lowest BCUT2D eigenvalue weighted by Gasteiger charge is -2.27. The summed E-state index contributed by atoms with van der Waals surface area (Å²) in [5.74, 6) is -0.0824. The molecule has 104 valence electrons. The summed E-state index contributed by atoms with van der Waals surface area (Å²) in [6.45, 7) is 0. The van der Waals surface area contributed by atoms with Crippen LogP contribution in [0.15, 0.2) is 18.5 Å². The van der Waals surface area contributed by atoms with Gasteiger partial charge in [-0.15, -0.1) is 0 Å². The first-order valence-electron chi connectivity index (χ1n) is 6.68. The van der Waals surface area contributed by atoms with Crippen molar-refractivity contribution in [3.8, 4) is 0 Å². The van der Waals surface area contributed by atoms with Crippen LogP contribution < -0.4 is 5.32 Å². The number of hydrogen-bond acceptors (Lipinski definition) is 3. The minimum atomic E-state index is -0.128. The van der Waals surface area contributed by atoms with Crippen LogP contribution in [0.25, 0.3) is 0 Å². The Balaban J connectivity index is 1.73. The van der Waals surface area contributed by atoms with Crippen LogP contribution in [0, 0.1) is 5.92 Å². The Morgan fingerprint density at radius 2 is 2.11 bits per heavy atom. The van der Waals surface area contributed by atoms with Crippen molar-refractivity contribution in [1.29, 1.82) is 0 Å². The monoisotopic (exact) mass is 264 g/mol. The van der Waals surface area contributed by atoms with Gasteiger partial charge in [0.05, 0.1) is 19.4 Å². The highest BCUT2D eigenvalue weighted by molar-refractivity contribution is 5.78. The normalized spacial score (nSPS) is 22.8. The van der Waals surface area contributed by atoms with Gasteiger partial charge in [0.2, 0.25) is 5.91 Å². The van der Waals surface area contributed by atoms with E-state index in [2.05, 4.69) is 10.3 Å². The first kappa shape index (κ1) is 13.6. The van der Waals surface area contributed by atoms with Gasteiger partial charge < -0.3 is 15.0 Å². The Morgan fingerprint density at radius 3 is 2.68 bits per heavy atom. The van der Waals surface area contributed by atoms with Gasteiger partial charge in [-0.1, -0.05) is 0 Å². The molecule has 2 rings (SSSR count). The maximum absolute atomic E-state index is 11.8. The number of methoxy groups -OCH3 is 1. The van der Waals surface area contributed by atoms with E-state index in [1.54, 1.807) is 0 Å². The predicted molar refractivity (Wildman–Crippen MR) is 70.4 cm³/mol. The third-order valence-corrected chi connectivity index (χ3v) is 3.65. The van der Waals surface area contributed by atoms with E-state index in [1.165, 1.54) is 7.11 Å². The Labute approximate surface area is 112 Å². The zero-order chi connectivity index (χ0) is 13.7. The van der Waals surface area contributed by atoms with E-state index in [1.807, 2.05) is 18.5 Å². The molecule has 0 bridgehead atoms. The van der Waals surface area contributed by atoms with Gasteiger partial charge in [0.1, 0.15) is 0 Å². The molecule has 1 fully saturated rings. The molecule has 2 N–H and O–H groups in total. The quantitative estimate of drug-likeness (QED) is 0.808.